The molecule has 1 saturated heterocycles. The molecule has 7 nitrogen and oxygen atoms in total. The van der Waals surface area contributed by atoms with E-state index >= 15 is 0 Å². The van der Waals surface area contributed by atoms with Crippen LogP contribution in [0.1, 0.15) is 39.0 Å². The molecule has 3 rings (SSSR count). The van der Waals surface area contributed by atoms with E-state index in [1.54, 1.807) is 11.3 Å². The number of aryl methyl sites for hydroxylation is 1. The topological polar surface area (TPSA) is 80.5 Å². The zero-order chi connectivity index (χ0) is 19.8. The number of ether oxygens (including phenoxy) is 1. The van der Waals surface area contributed by atoms with Crippen molar-refractivity contribution in [2.45, 2.75) is 45.6 Å². The molecule has 1 amide bonds. The highest BCUT2D eigenvalue weighted by Gasteiger charge is 2.27. The Kier molecular flexibility index (Phi) is 8.00. The monoisotopic (exact) mass is 406 g/mol. The number of thiophene rings is 1. The summed E-state index contributed by atoms with van der Waals surface area (Å²) >= 11 is 1.59. The molecule has 8 heteroatoms. The molecule has 0 bridgehead atoms. The summed E-state index contributed by atoms with van der Waals surface area (Å²) in [5, 5.41) is 15.2. The third-order valence-electron chi connectivity index (χ3n) is 5.42. The third-order valence-corrected chi connectivity index (χ3v) is 6.10. The molecule has 0 radical (unpaired) electrons. The van der Waals surface area contributed by atoms with Crippen molar-refractivity contribution in [3.63, 3.8) is 0 Å². The van der Waals surface area contributed by atoms with Crippen LogP contribution in [-0.2, 0) is 16.0 Å². The first-order valence-electron chi connectivity index (χ1n) is 10.1. The SMILES string of the molecule is CCC(CC)C(CNC(=O)CCc1nnc(-c2ccsc2)o1)N1CCOCC1. The van der Waals surface area contributed by atoms with Gasteiger partial charge < -0.3 is 14.5 Å². The van der Waals surface area contributed by atoms with Gasteiger partial charge in [0.1, 0.15) is 0 Å². The molecule has 0 aliphatic carbocycles. The van der Waals surface area contributed by atoms with E-state index in [0.29, 0.717) is 43.1 Å². The average Bonchev–Trinajstić information content (AvgIpc) is 3.42. The fourth-order valence-corrected chi connectivity index (χ4v) is 4.35. The summed E-state index contributed by atoms with van der Waals surface area (Å²) in [6.07, 6.45) is 3.03. The first kappa shape index (κ1) is 21.0. The number of rotatable bonds is 10. The summed E-state index contributed by atoms with van der Waals surface area (Å²) in [5.74, 6) is 1.61. The van der Waals surface area contributed by atoms with Crippen molar-refractivity contribution in [1.29, 1.82) is 0 Å². The van der Waals surface area contributed by atoms with Crippen LogP contribution in [0.3, 0.4) is 0 Å². The molecule has 1 aliphatic rings. The minimum Gasteiger partial charge on any atom is -0.421 e. The number of carbonyl (C=O) groups excluding carboxylic acids is 1. The highest BCUT2D eigenvalue weighted by Crippen LogP contribution is 2.21. The van der Waals surface area contributed by atoms with Gasteiger partial charge in [-0.15, -0.1) is 10.2 Å². The summed E-state index contributed by atoms with van der Waals surface area (Å²) in [7, 11) is 0. The molecule has 1 atom stereocenters. The molecular formula is C20H30N4O3S. The predicted octanol–water partition coefficient (Wildman–Crippen LogP) is 2.98. The summed E-state index contributed by atoms with van der Waals surface area (Å²) in [5.41, 5.74) is 0.923. The van der Waals surface area contributed by atoms with Gasteiger partial charge in [0.25, 0.3) is 0 Å². The van der Waals surface area contributed by atoms with Crippen LogP contribution in [0.5, 0.6) is 0 Å². The second-order valence-corrected chi connectivity index (χ2v) is 7.89. The average molecular weight is 407 g/mol. The first-order valence-corrected chi connectivity index (χ1v) is 11.1. The quantitative estimate of drug-likeness (QED) is 0.653. The third kappa shape index (κ3) is 5.62. The minimum absolute atomic E-state index is 0.0273. The summed E-state index contributed by atoms with van der Waals surface area (Å²) in [6.45, 7) is 8.54. The smallest absolute Gasteiger partial charge is 0.248 e. The van der Waals surface area contributed by atoms with Crippen LogP contribution in [0.25, 0.3) is 11.5 Å². The zero-order valence-electron chi connectivity index (χ0n) is 16.7. The van der Waals surface area contributed by atoms with Crippen LogP contribution in [0.15, 0.2) is 21.2 Å². The van der Waals surface area contributed by atoms with Crippen molar-refractivity contribution in [3.8, 4) is 11.5 Å². The highest BCUT2D eigenvalue weighted by atomic mass is 32.1. The maximum absolute atomic E-state index is 12.4. The van der Waals surface area contributed by atoms with E-state index in [2.05, 4.69) is 34.3 Å². The van der Waals surface area contributed by atoms with Gasteiger partial charge in [0.05, 0.1) is 13.2 Å². The minimum atomic E-state index is 0.0273. The Morgan fingerprint density at radius 2 is 2.07 bits per heavy atom. The predicted molar refractivity (Wildman–Crippen MR) is 109 cm³/mol. The number of nitrogens with one attached hydrogen (secondary N) is 1. The molecule has 1 unspecified atom stereocenters. The van der Waals surface area contributed by atoms with Gasteiger partial charge in [-0.2, -0.15) is 11.3 Å². The first-order chi connectivity index (χ1) is 13.7. The lowest BCUT2D eigenvalue weighted by Crippen LogP contribution is -2.52. The molecular weight excluding hydrogens is 376 g/mol. The van der Waals surface area contributed by atoms with Crippen LogP contribution < -0.4 is 5.32 Å². The number of carbonyl (C=O) groups is 1. The lowest BCUT2D eigenvalue weighted by atomic mass is 9.92. The molecule has 0 saturated carbocycles. The second kappa shape index (κ2) is 10.7. The summed E-state index contributed by atoms with van der Waals surface area (Å²) < 4.78 is 11.1. The van der Waals surface area contributed by atoms with Crippen molar-refractivity contribution in [2.24, 2.45) is 5.92 Å². The molecule has 0 spiro atoms. The van der Waals surface area contributed by atoms with Crippen molar-refractivity contribution in [3.05, 3.63) is 22.7 Å². The van der Waals surface area contributed by atoms with E-state index in [4.69, 9.17) is 9.15 Å². The van der Waals surface area contributed by atoms with Crippen LogP contribution in [0.4, 0.5) is 0 Å². The van der Waals surface area contributed by atoms with E-state index in [9.17, 15) is 4.79 Å². The lowest BCUT2D eigenvalue weighted by molar-refractivity contribution is -0.121. The van der Waals surface area contributed by atoms with Gasteiger partial charge in [-0.1, -0.05) is 26.7 Å². The van der Waals surface area contributed by atoms with Gasteiger partial charge in [-0.05, 0) is 17.4 Å². The summed E-state index contributed by atoms with van der Waals surface area (Å²) in [6, 6.07) is 2.30. The Morgan fingerprint density at radius 3 is 2.75 bits per heavy atom. The fourth-order valence-electron chi connectivity index (χ4n) is 3.72. The molecule has 1 N–H and O–H groups in total. The van der Waals surface area contributed by atoms with Gasteiger partial charge in [0, 0.05) is 49.5 Å². The number of amides is 1. The number of hydrogen-bond donors (Lipinski definition) is 1. The number of morpholine rings is 1. The van der Waals surface area contributed by atoms with Crippen LogP contribution in [0.2, 0.25) is 0 Å². The molecule has 3 heterocycles. The van der Waals surface area contributed by atoms with Gasteiger partial charge in [-0.3, -0.25) is 9.69 Å². The Hall–Kier alpha value is -1.77. The van der Waals surface area contributed by atoms with Crippen molar-refractivity contribution in [2.75, 3.05) is 32.8 Å². The van der Waals surface area contributed by atoms with Gasteiger partial charge in [0.2, 0.25) is 17.7 Å². The van der Waals surface area contributed by atoms with Gasteiger partial charge >= 0.3 is 0 Å². The summed E-state index contributed by atoms with van der Waals surface area (Å²) in [4.78, 5) is 14.9. The number of hydrogen-bond acceptors (Lipinski definition) is 7. The molecule has 2 aromatic heterocycles. The maximum Gasteiger partial charge on any atom is 0.248 e. The fraction of sp³-hybridized carbons (Fsp3) is 0.650. The second-order valence-electron chi connectivity index (χ2n) is 7.11. The lowest BCUT2D eigenvalue weighted by Gasteiger charge is -2.38. The largest absolute Gasteiger partial charge is 0.421 e. The Balaban J connectivity index is 1.48. The zero-order valence-corrected chi connectivity index (χ0v) is 17.5. The van der Waals surface area contributed by atoms with Crippen molar-refractivity contribution < 1.29 is 13.9 Å². The molecule has 1 aliphatic heterocycles. The Bertz CT molecular complexity index is 709. The van der Waals surface area contributed by atoms with Crippen LogP contribution >= 0.6 is 11.3 Å². The van der Waals surface area contributed by atoms with Crippen molar-refractivity contribution in [1.82, 2.24) is 20.4 Å². The van der Waals surface area contributed by atoms with Gasteiger partial charge in [0.15, 0.2) is 0 Å². The Morgan fingerprint density at radius 1 is 1.29 bits per heavy atom. The van der Waals surface area contributed by atoms with E-state index in [-0.39, 0.29) is 5.91 Å². The van der Waals surface area contributed by atoms with E-state index in [1.165, 1.54) is 0 Å². The highest BCUT2D eigenvalue weighted by molar-refractivity contribution is 7.08. The molecule has 0 aromatic carbocycles. The normalized spacial score (nSPS) is 16.4. The Labute approximate surface area is 170 Å². The van der Waals surface area contributed by atoms with Crippen LogP contribution in [0, 0.1) is 5.92 Å². The van der Waals surface area contributed by atoms with E-state index in [0.717, 1.165) is 44.7 Å². The van der Waals surface area contributed by atoms with E-state index in [1.807, 2.05) is 16.8 Å². The molecule has 154 valence electrons. The molecule has 2 aromatic rings. The number of nitrogens with zero attached hydrogens (tertiary/aromatic N) is 3. The van der Waals surface area contributed by atoms with Crippen molar-refractivity contribution >= 4 is 17.2 Å². The maximum atomic E-state index is 12.4. The number of aromatic nitrogens is 2. The van der Waals surface area contributed by atoms with Gasteiger partial charge in [-0.25, -0.2) is 0 Å². The van der Waals surface area contributed by atoms with E-state index < -0.39 is 0 Å². The standard InChI is InChI=1S/C20H30N4O3S/c1-3-15(4-2)17(24-8-10-26-11-9-24)13-21-18(25)5-6-19-22-23-20(27-19)16-7-12-28-14-16/h7,12,14-15,17H,3-6,8-11,13H2,1-2H3,(H,21,25). The molecule has 28 heavy (non-hydrogen) atoms. The van der Waals surface area contributed by atoms with Crippen LogP contribution in [-0.4, -0.2) is 59.9 Å². The molecule has 1 fully saturated rings.